The molecule has 0 aliphatic carbocycles. The summed E-state index contributed by atoms with van der Waals surface area (Å²) in [6, 6.07) is 30.1. The summed E-state index contributed by atoms with van der Waals surface area (Å²) in [6.07, 6.45) is 1.96. The third-order valence-electron chi connectivity index (χ3n) is 6.09. The van der Waals surface area contributed by atoms with Crippen molar-refractivity contribution >= 4 is 23.6 Å². The molecule has 0 spiro atoms. The van der Waals surface area contributed by atoms with Gasteiger partial charge in [-0.25, -0.2) is 0 Å². The van der Waals surface area contributed by atoms with Crippen LogP contribution in [0.4, 0.5) is 0 Å². The normalized spacial score (nSPS) is 18.2. The van der Waals surface area contributed by atoms with E-state index in [2.05, 4.69) is 41.7 Å². The van der Waals surface area contributed by atoms with Crippen LogP contribution in [0.2, 0.25) is 0 Å². The van der Waals surface area contributed by atoms with E-state index in [1.54, 1.807) is 16.7 Å². The van der Waals surface area contributed by atoms with Gasteiger partial charge in [0.25, 0.3) is 0 Å². The Bertz CT molecular complexity index is 1050. The van der Waals surface area contributed by atoms with E-state index < -0.39 is 23.2 Å². The third-order valence-corrected chi connectivity index (χ3v) is 7.10. The summed E-state index contributed by atoms with van der Waals surface area (Å²) in [7, 11) is 0. The Morgan fingerprint density at radius 3 is 1.66 bits per heavy atom. The van der Waals surface area contributed by atoms with E-state index in [0.717, 1.165) is 16.7 Å². The minimum Gasteiger partial charge on any atom is -0.459 e. The molecule has 0 saturated carbocycles. The lowest BCUT2D eigenvalue weighted by atomic mass is 9.76. The Labute approximate surface area is 211 Å². The lowest BCUT2D eigenvalue weighted by Crippen LogP contribution is -2.72. The largest absolute Gasteiger partial charge is 0.459 e. The molecule has 1 aliphatic rings. The lowest BCUT2D eigenvalue weighted by Gasteiger charge is -2.50. The number of nitrogens with zero attached hydrogens (tertiary/aromatic N) is 1. The van der Waals surface area contributed by atoms with E-state index in [4.69, 9.17) is 4.74 Å². The highest BCUT2D eigenvalue weighted by molar-refractivity contribution is 7.99. The molecule has 35 heavy (non-hydrogen) atoms. The Kier molecular flexibility index (Phi) is 7.33. The van der Waals surface area contributed by atoms with Gasteiger partial charge in [0.1, 0.15) is 23.6 Å². The van der Waals surface area contributed by atoms with E-state index >= 15 is 0 Å². The molecular weight excluding hydrogens is 456 g/mol. The first-order chi connectivity index (χ1) is 16.8. The smallest absolute Gasteiger partial charge is 0.326 e. The van der Waals surface area contributed by atoms with Gasteiger partial charge in [-0.05, 0) is 43.7 Å². The number of esters is 1. The van der Waals surface area contributed by atoms with Crippen molar-refractivity contribution in [3.63, 3.8) is 0 Å². The quantitative estimate of drug-likeness (QED) is 0.280. The van der Waals surface area contributed by atoms with E-state index in [1.807, 2.05) is 81.6 Å². The molecule has 1 fully saturated rings. The maximum Gasteiger partial charge on any atom is 0.326 e. The Morgan fingerprint density at radius 1 is 0.857 bits per heavy atom. The van der Waals surface area contributed by atoms with Crippen molar-refractivity contribution in [2.45, 2.75) is 43.3 Å². The number of benzene rings is 3. The number of carbonyl (C=O) groups is 2. The highest BCUT2D eigenvalue weighted by Crippen LogP contribution is 2.40. The molecule has 1 amide bonds. The zero-order valence-corrected chi connectivity index (χ0v) is 21.4. The summed E-state index contributed by atoms with van der Waals surface area (Å²) >= 11 is 1.55. The van der Waals surface area contributed by atoms with E-state index in [9.17, 15) is 9.59 Å². The van der Waals surface area contributed by atoms with Crippen LogP contribution in [-0.4, -0.2) is 46.6 Å². The van der Waals surface area contributed by atoms with Crippen molar-refractivity contribution in [2.75, 3.05) is 12.8 Å². The van der Waals surface area contributed by atoms with Crippen molar-refractivity contribution in [1.82, 2.24) is 10.2 Å². The summed E-state index contributed by atoms with van der Waals surface area (Å²) in [5, 5.41) is 3.55. The van der Waals surface area contributed by atoms with Gasteiger partial charge in [-0.1, -0.05) is 91.0 Å². The average Bonchev–Trinajstić information content (AvgIpc) is 2.86. The fourth-order valence-electron chi connectivity index (χ4n) is 4.65. The first kappa shape index (κ1) is 25.0. The molecule has 3 aromatic rings. The van der Waals surface area contributed by atoms with Crippen LogP contribution < -0.4 is 5.32 Å². The van der Waals surface area contributed by atoms with Crippen molar-refractivity contribution in [3.05, 3.63) is 108 Å². The summed E-state index contributed by atoms with van der Waals surface area (Å²) in [5.74, 6) is -0.508. The van der Waals surface area contributed by atoms with Gasteiger partial charge in [0.15, 0.2) is 0 Å². The lowest BCUT2D eigenvalue weighted by molar-refractivity contribution is -0.164. The van der Waals surface area contributed by atoms with Crippen LogP contribution >= 0.6 is 11.8 Å². The number of ether oxygens (including phenoxy) is 1. The van der Waals surface area contributed by atoms with Crippen LogP contribution in [0.1, 0.15) is 37.5 Å². The number of nitrogens with one attached hydrogen (secondary N) is 1. The van der Waals surface area contributed by atoms with Gasteiger partial charge in [-0.3, -0.25) is 14.9 Å². The van der Waals surface area contributed by atoms with Crippen molar-refractivity contribution in [1.29, 1.82) is 0 Å². The van der Waals surface area contributed by atoms with Gasteiger partial charge < -0.3 is 9.64 Å². The van der Waals surface area contributed by atoms with Crippen LogP contribution in [0.25, 0.3) is 0 Å². The molecule has 2 atom stereocenters. The molecule has 1 saturated heterocycles. The van der Waals surface area contributed by atoms with Crippen LogP contribution in [0.3, 0.4) is 0 Å². The highest BCUT2D eigenvalue weighted by Gasteiger charge is 2.52. The summed E-state index contributed by atoms with van der Waals surface area (Å²) in [4.78, 5) is 27.5. The number of carbonyl (C=O) groups excluding carboxylic acids is 2. The molecule has 0 radical (unpaired) electrons. The number of hydrogen-bond acceptors (Lipinski definition) is 5. The maximum atomic E-state index is 13.4. The summed E-state index contributed by atoms with van der Waals surface area (Å²) in [5.41, 5.74) is 1.76. The SMILES string of the molecule is CS[C@@H]1[C@H](NC(c2ccccc2)(c2ccccc2)c2ccccc2)C(=O)N1CC(=O)OC(C)(C)C. The second-order valence-electron chi connectivity index (χ2n) is 9.65. The van der Waals surface area contributed by atoms with Gasteiger partial charge in [0, 0.05) is 0 Å². The standard InChI is InChI=1S/C29H32N2O3S/c1-28(2,3)34-24(32)20-31-26(33)25(27(31)35-4)30-29(21-14-8-5-9-15-21,22-16-10-6-11-17-22)23-18-12-7-13-19-23/h5-19,25,27,30H,20H2,1-4H3/t25-,27-/m1/s1. The van der Waals surface area contributed by atoms with Gasteiger partial charge >= 0.3 is 5.97 Å². The molecule has 0 aromatic heterocycles. The molecule has 1 heterocycles. The van der Waals surface area contributed by atoms with Crippen molar-refractivity contribution in [3.8, 4) is 0 Å². The Balaban J connectivity index is 1.73. The number of hydrogen-bond donors (Lipinski definition) is 1. The van der Waals surface area contributed by atoms with Crippen LogP contribution in [0, 0.1) is 0 Å². The monoisotopic (exact) mass is 488 g/mol. The minimum absolute atomic E-state index is 0.0607. The van der Waals surface area contributed by atoms with Gasteiger partial charge in [-0.2, -0.15) is 0 Å². The van der Waals surface area contributed by atoms with Crippen LogP contribution in [-0.2, 0) is 19.9 Å². The van der Waals surface area contributed by atoms with Crippen molar-refractivity contribution < 1.29 is 14.3 Å². The zero-order chi connectivity index (χ0) is 25.1. The fourth-order valence-corrected chi connectivity index (χ4v) is 5.54. The summed E-state index contributed by atoms with van der Waals surface area (Å²) in [6.45, 7) is 5.42. The third kappa shape index (κ3) is 5.14. The number of thioether (sulfide) groups is 1. The second-order valence-corrected chi connectivity index (χ2v) is 10.6. The van der Waals surface area contributed by atoms with E-state index in [-0.39, 0.29) is 17.8 Å². The molecule has 6 heteroatoms. The molecule has 0 bridgehead atoms. The first-order valence-corrected chi connectivity index (χ1v) is 13.0. The van der Waals surface area contributed by atoms with Crippen LogP contribution in [0.15, 0.2) is 91.0 Å². The molecule has 3 aromatic carbocycles. The number of β-lactam (4-membered cyclic amide) rings is 1. The fraction of sp³-hybridized carbons (Fsp3) is 0.310. The highest BCUT2D eigenvalue weighted by atomic mass is 32.2. The number of rotatable bonds is 8. The molecule has 1 N–H and O–H groups in total. The maximum absolute atomic E-state index is 13.4. The topological polar surface area (TPSA) is 58.6 Å². The first-order valence-electron chi connectivity index (χ1n) is 11.8. The van der Waals surface area contributed by atoms with Gasteiger partial charge in [0.2, 0.25) is 5.91 Å². The minimum atomic E-state index is -0.754. The molecule has 4 rings (SSSR count). The number of likely N-dealkylation sites (tertiary alicyclic amines) is 1. The predicted molar refractivity (Wildman–Crippen MR) is 141 cm³/mol. The van der Waals surface area contributed by atoms with Gasteiger partial charge in [0.05, 0.1) is 5.54 Å². The molecule has 182 valence electrons. The average molecular weight is 489 g/mol. The molecule has 1 aliphatic heterocycles. The van der Waals surface area contributed by atoms with Gasteiger partial charge in [-0.15, -0.1) is 11.8 Å². The molecule has 0 unspecified atom stereocenters. The van der Waals surface area contributed by atoms with E-state index in [1.165, 1.54) is 0 Å². The Hall–Kier alpha value is -3.09. The molecular formula is C29H32N2O3S. The zero-order valence-electron chi connectivity index (χ0n) is 20.6. The predicted octanol–water partition coefficient (Wildman–Crippen LogP) is 4.81. The van der Waals surface area contributed by atoms with E-state index in [0.29, 0.717) is 0 Å². The van der Waals surface area contributed by atoms with Crippen LogP contribution in [0.5, 0.6) is 0 Å². The second kappa shape index (κ2) is 10.3. The Morgan fingerprint density at radius 2 is 1.29 bits per heavy atom. The summed E-state index contributed by atoms with van der Waals surface area (Å²) < 4.78 is 5.47. The molecule has 5 nitrogen and oxygen atoms in total. The number of amides is 1. The van der Waals surface area contributed by atoms with Crippen molar-refractivity contribution in [2.24, 2.45) is 0 Å².